The van der Waals surface area contributed by atoms with E-state index in [0.29, 0.717) is 13.2 Å². The number of benzene rings is 1. The van der Waals surface area contributed by atoms with Crippen LogP contribution in [-0.2, 0) is 10.5 Å². The highest BCUT2D eigenvalue weighted by atomic mass is 17.1. The minimum Gasteiger partial charge on any atom is -0.493 e. The quantitative estimate of drug-likeness (QED) is 0.384. The van der Waals surface area contributed by atoms with Crippen molar-refractivity contribution < 1.29 is 19.6 Å². The second-order valence-corrected chi connectivity index (χ2v) is 5.70. The molecule has 0 aliphatic rings. The highest BCUT2D eigenvalue weighted by molar-refractivity contribution is 5.40. The Kier molecular flexibility index (Phi) is 7.54. The van der Waals surface area contributed by atoms with Gasteiger partial charge in [-0.2, -0.15) is 0 Å². The van der Waals surface area contributed by atoms with Gasteiger partial charge in [-0.3, -0.25) is 5.26 Å². The van der Waals surface area contributed by atoms with Gasteiger partial charge in [-0.1, -0.05) is 26.7 Å². The van der Waals surface area contributed by atoms with E-state index in [4.69, 9.17) is 14.7 Å². The largest absolute Gasteiger partial charge is 0.493 e. The van der Waals surface area contributed by atoms with Gasteiger partial charge >= 0.3 is 0 Å². The first kappa shape index (κ1) is 17.8. The third-order valence-electron chi connectivity index (χ3n) is 3.34. The second-order valence-electron chi connectivity index (χ2n) is 5.70. The number of rotatable bonds is 10. The van der Waals surface area contributed by atoms with Crippen LogP contribution in [0.25, 0.3) is 0 Å². The molecular weight excluding hydrogens is 268 g/mol. The molecule has 120 valence electrons. The number of hydrogen-bond donors (Lipinski definition) is 1. The molecule has 1 N–H and O–H groups in total. The Balaban J connectivity index is 2.90. The molecule has 4 nitrogen and oxygen atoms in total. The minimum atomic E-state index is -0.799. The molecule has 0 heterocycles. The van der Waals surface area contributed by atoms with Crippen LogP contribution in [-0.4, -0.2) is 18.5 Å². The zero-order chi connectivity index (χ0) is 15.7. The Morgan fingerprint density at radius 2 is 1.38 bits per heavy atom. The molecule has 0 saturated heterocycles. The molecule has 0 bridgehead atoms. The van der Waals surface area contributed by atoms with Crippen molar-refractivity contribution in [3.8, 4) is 11.5 Å². The van der Waals surface area contributed by atoms with Crippen LogP contribution < -0.4 is 9.47 Å². The molecule has 0 amide bonds. The molecule has 0 aliphatic heterocycles. The Bertz CT molecular complexity index is 387. The Morgan fingerprint density at radius 1 is 0.905 bits per heavy atom. The van der Waals surface area contributed by atoms with Crippen LogP contribution in [0.3, 0.4) is 0 Å². The third-order valence-corrected chi connectivity index (χ3v) is 3.34. The van der Waals surface area contributed by atoms with Gasteiger partial charge in [0.05, 0.1) is 13.2 Å². The molecule has 0 atom stereocenters. The lowest BCUT2D eigenvalue weighted by atomic mass is 9.98. The summed E-state index contributed by atoms with van der Waals surface area (Å²) in [6.07, 6.45) is 4.20. The molecule has 1 aromatic rings. The fourth-order valence-corrected chi connectivity index (χ4v) is 1.81. The molecule has 0 saturated carbocycles. The van der Waals surface area contributed by atoms with Crippen LogP contribution in [0.2, 0.25) is 0 Å². The molecule has 4 heteroatoms. The summed E-state index contributed by atoms with van der Waals surface area (Å²) in [6.45, 7) is 9.20. The molecule has 0 aliphatic carbocycles. The van der Waals surface area contributed by atoms with Crippen molar-refractivity contribution in [2.45, 2.75) is 59.0 Å². The predicted molar refractivity (Wildman–Crippen MR) is 84.0 cm³/mol. The molecule has 0 fully saturated rings. The maximum Gasteiger partial charge on any atom is 0.123 e. The maximum atomic E-state index is 9.08. The van der Waals surface area contributed by atoms with Gasteiger partial charge in [-0.25, -0.2) is 4.89 Å². The first-order valence-corrected chi connectivity index (χ1v) is 7.77. The van der Waals surface area contributed by atoms with E-state index in [-0.39, 0.29) is 0 Å². The fraction of sp³-hybridized carbons (Fsp3) is 0.647. The van der Waals surface area contributed by atoms with Crippen LogP contribution >= 0.6 is 0 Å². The number of ether oxygens (including phenoxy) is 2. The van der Waals surface area contributed by atoms with Gasteiger partial charge in [0.2, 0.25) is 0 Å². The molecule has 0 spiro atoms. The van der Waals surface area contributed by atoms with Crippen molar-refractivity contribution in [3.05, 3.63) is 23.8 Å². The maximum absolute atomic E-state index is 9.08. The van der Waals surface area contributed by atoms with Crippen LogP contribution in [0.1, 0.15) is 58.9 Å². The Morgan fingerprint density at radius 3 is 1.76 bits per heavy atom. The van der Waals surface area contributed by atoms with Gasteiger partial charge in [-0.15, -0.1) is 0 Å². The first-order valence-electron chi connectivity index (χ1n) is 7.77. The topological polar surface area (TPSA) is 47.9 Å². The van der Waals surface area contributed by atoms with Gasteiger partial charge < -0.3 is 9.47 Å². The smallest absolute Gasteiger partial charge is 0.123 e. The van der Waals surface area contributed by atoms with E-state index in [1.165, 1.54) is 0 Å². The minimum absolute atomic E-state index is 0.675. The average molecular weight is 296 g/mol. The van der Waals surface area contributed by atoms with Crippen LogP contribution in [0.5, 0.6) is 11.5 Å². The highest BCUT2D eigenvalue weighted by Crippen LogP contribution is 2.31. The fourth-order valence-electron chi connectivity index (χ4n) is 1.81. The normalized spacial score (nSPS) is 11.5. The monoisotopic (exact) mass is 296 g/mol. The molecule has 0 radical (unpaired) electrons. The van der Waals surface area contributed by atoms with E-state index in [2.05, 4.69) is 18.7 Å². The summed E-state index contributed by atoms with van der Waals surface area (Å²) in [5.74, 6) is 1.50. The Labute approximate surface area is 128 Å². The molecule has 21 heavy (non-hydrogen) atoms. The summed E-state index contributed by atoms with van der Waals surface area (Å²) >= 11 is 0. The lowest BCUT2D eigenvalue weighted by Gasteiger charge is -2.22. The average Bonchev–Trinajstić information content (AvgIpc) is 2.48. The van der Waals surface area contributed by atoms with Crippen molar-refractivity contribution in [2.75, 3.05) is 13.2 Å². The molecule has 1 rings (SSSR count). The summed E-state index contributed by atoms with van der Waals surface area (Å²) in [4.78, 5) is 4.57. The molecule has 0 unspecified atom stereocenters. The lowest BCUT2D eigenvalue weighted by molar-refractivity contribution is -0.318. The molecular formula is C17H28O4. The van der Waals surface area contributed by atoms with Crippen molar-refractivity contribution >= 4 is 0 Å². The summed E-state index contributed by atoms with van der Waals surface area (Å²) < 4.78 is 11.5. The van der Waals surface area contributed by atoms with Crippen LogP contribution in [0.4, 0.5) is 0 Å². The predicted octanol–water partition coefficient (Wildman–Crippen LogP) is 4.77. The standard InChI is InChI=1S/C17H28O4/c1-5-7-9-19-15-11-14(17(3,4)21-18)12-16(13-15)20-10-8-6-2/h11-13,18H,5-10H2,1-4H3. The van der Waals surface area contributed by atoms with Gasteiger partial charge in [0.25, 0.3) is 0 Å². The summed E-state index contributed by atoms with van der Waals surface area (Å²) in [6, 6.07) is 5.67. The molecule has 0 aromatic heterocycles. The lowest BCUT2D eigenvalue weighted by Crippen LogP contribution is -2.20. The van der Waals surface area contributed by atoms with E-state index in [1.54, 1.807) is 13.8 Å². The van der Waals surface area contributed by atoms with Gasteiger partial charge in [0.1, 0.15) is 17.1 Å². The Hall–Kier alpha value is -1.26. The van der Waals surface area contributed by atoms with E-state index in [1.807, 2.05) is 18.2 Å². The number of hydrogen-bond acceptors (Lipinski definition) is 4. The van der Waals surface area contributed by atoms with Gasteiger partial charge in [0.15, 0.2) is 0 Å². The summed E-state index contributed by atoms with van der Waals surface area (Å²) in [5.41, 5.74) is 0.0259. The zero-order valence-electron chi connectivity index (χ0n) is 13.6. The second kappa shape index (κ2) is 8.90. The van der Waals surface area contributed by atoms with Gasteiger partial charge in [-0.05, 0) is 44.4 Å². The zero-order valence-corrected chi connectivity index (χ0v) is 13.6. The SMILES string of the molecule is CCCCOc1cc(OCCCC)cc(C(C)(C)OO)c1. The van der Waals surface area contributed by atoms with Crippen LogP contribution in [0, 0.1) is 0 Å². The van der Waals surface area contributed by atoms with E-state index in [9.17, 15) is 0 Å². The number of unbranched alkanes of at least 4 members (excludes halogenated alkanes) is 2. The van der Waals surface area contributed by atoms with Crippen molar-refractivity contribution in [2.24, 2.45) is 0 Å². The van der Waals surface area contributed by atoms with Gasteiger partial charge in [0, 0.05) is 6.07 Å². The van der Waals surface area contributed by atoms with E-state index >= 15 is 0 Å². The van der Waals surface area contributed by atoms with Crippen molar-refractivity contribution in [1.29, 1.82) is 0 Å². The van der Waals surface area contributed by atoms with E-state index < -0.39 is 5.60 Å². The summed E-state index contributed by atoms with van der Waals surface area (Å²) in [5, 5.41) is 9.08. The van der Waals surface area contributed by atoms with Crippen molar-refractivity contribution in [3.63, 3.8) is 0 Å². The third kappa shape index (κ3) is 5.94. The first-order chi connectivity index (χ1) is 10.0. The van der Waals surface area contributed by atoms with Crippen molar-refractivity contribution in [1.82, 2.24) is 0 Å². The van der Waals surface area contributed by atoms with Crippen LogP contribution in [0.15, 0.2) is 18.2 Å². The highest BCUT2D eigenvalue weighted by Gasteiger charge is 2.23. The van der Waals surface area contributed by atoms with E-state index in [0.717, 1.165) is 42.7 Å². The molecule has 1 aromatic carbocycles. The summed E-state index contributed by atoms with van der Waals surface area (Å²) in [7, 11) is 0.